The largest absolute Gasteiger partial charge is 0.462 e. The maximum absolute atomic E-state index is 13.6. The predicted octanol–water partition coefficient (Wildman–Crippen LogP) is 4.18. The van der Waals surface area contributed by atoms with E-state index in [1.54, 1.807) is 55.5 Å². The van der Waals surface area contributed by atoms with Crippen LogP contribution in [0.3, 0.4) is 0 Å². The lowest BCUT2D eigenvalue weighted by Gasteiger charge is -2.41. The third kappa shape index (κ3) is 5.60. The summed E-state index contributed by atoms with van der Waals surface area (Å²) >= 11 is 0. The number of imide groups is 1. The molecule has 9 heteroatoms. The first-order valence-corrected chi connectivity index (χ1v) is 13.0. The van der Waals surface area contributed by atoms with Crippen LogP contribution in [0.2, 0.25) is 0 Å². The minimum atomic E-state index is -0.570. The van der Waals surface area contributed by atoms with Crippen molar-refractivity contribution in [2.75, 3.05) is 37.7 Å². The summed E-state index contributed by atoms with van der Waals surface area (Å²) < 4.78 is 32.2. The second-order valence-corrected chi connectivity index (χ2v) is 9.63. The SMILES string of the molecule is CCOC(=O)c1ccc(N2C(=O)C[C@H](N3CCN(C(c4ccc(F)cc4)c4ccc(F)cc4)CC3)C2=O)cc1. The molecule has 0 spiro atoms. The van der Waals surface area contributed by atoms with Gasteiger partial charge >= 0.3 is 5.97 Å². The Labute approximate surface area is 225 Å². The van der Waals surface area contributed by atoms with E-state index in [0.717, 1.165) is 11.1 Å². The van der Waals surface area contributed by atoms with Crippen LogP contribution in [0.4, 0.5) is 14.5 Å². The zero-order chi connectivity index (χ0) is 27.5. The monoisotopic (exact) mass is 533 g/mol. The number of anilines is 1. The molecule has 0 radical (unpaired) electrons. The summed E-state index contributed by atoms with van der Waals surface area (Å²) in [6.07, 6.45) is 0.0812. The molecule has 2 aliphatic rings. The number of carbonyl (C=O) groups is 3. The Balaban J connectivity index is 1.28. The molecule has 2 saturated heterocycles. The van der Waals surface area contributed by atoms with Gasteiger partial charge in [0.05, 0.1) is 36.4 Å². The van der Waals surface area contributed by atoms with E-state index >= 15 is 0 Å². The van der Waals surface area contributed by atoms with Crippen LogP contribution in [-0.2, 0) is 14.3 Å². The summed E-state index contributed by atoms with van der Waals surface area (Å²) in [4.78, 5) is 43.6. The summed E-state index contributed by atoms with van der Waals surface area (Å²) in [6, 6.07) is 18.1. The first-order chi connectivity index (χ1) is 18.9. The van der Waals surface area contributed by atoms with Crippen molar-refractivity contribution < 1.29 is 27.9 Å². The maximum atomic E-state index is 13.6. The molecule has 3 aromatic carbocycles. The summed E-state index contributed by atoms with van der Waals surface area (Å²) in [5, 5.41) is 0. The number of ether oxygens (including phenoxy) is 1. The Morgan fingerprint density at radius 1 is 0.846 bits per heavy atom. The number of hydrogen-bond acceptors (Lipinski definition) is 6. The van der Waals surface area contributed by atoms with Crippen molar-refractivity contribution in [1.29, 1.82) is 0 Å². The van der Waals surface area contributed by atoms with Crippen LogP contribution in [0.25, 0.3) is 0 Å². The van der Waals surface area contributed by atoms with E-state index in [-0.39, 0.29) is 42.5 Å². The van der Waals surface area contributed by atoms with Gasteiger partial charge in [-0.25, -0.2) is 18.5 Å². The summed E-state index contributed by atoms with van der Waals surface area (Å²) in [7, 11) is 0. The van der Waals surface area contributed by atoms with Gasteiger partial charge in [-0.15, -0.1) is 0 Å². The van der Waals surface area contributed by atoms with Crippen molar-refractivity contribution in [3.63, 3.8) is 0 Å². The highest BCUT2D eigenvalue weighted by Gasteiger charge is 2.43. The number of esters is 1. The number of carbonyl (C=O) groups excluding carboxylic acids is 3. The van der Waals surface area contributed by atoms with Crippen molar-refractivity contribution in [1.82, 2.24) is 9.80 Å². The smallest absolute Gasteiger partial charge is 0.338 e. The van der Waals surface area contributed by atoms with Crippen LogP contribution in [0, 0.1) is 11.6 Å². The Morgan fingerprint density at radius 3 is 1.90 bits per heavy atom. The van der Waals surface area contributed by atoms with Gasteiger partial charge in [0.25, 0.3) is 5.91 Å². The minimum absolute atomic E-state index is 0.0812. The molecule has 202 valence electrons. The average molecular weight is 534 g/mol. The lowest BCUT2D eigenvalue weighted by Crippen LogP contribution is -2.53. The van der Waals surface area contributed by atoms with E-state index in [2.05, 4.69) is 4.90 Å². The van der Waals surface area contributed by atoms with Crippen LogP contribution in [-0.4, -0.2) is 66.4 Å². The molecule has 5 rings (SSSR count). The Morgan fingerprint density at radius 2 is 1.38 bits per heavy atom. The molecule has 0 aliphatic carbocycles. The van der Waals surface area contributed by atoms with Crippen LogP contribution in [0.15, 0.2) is 72.8 Å². The third-order valence-corrected chi connectivity index (χ3v) is 7.29. The lowest BCUT2D eigenvalue weighted by molar-refractivity contribution is -0.123. The first kappa shape index (κ1) is 26.6. The zero-order valence-corrected chi connectivity index (χ0v) is 21.6. The van der Waals surface area contributed by atoms with Gasteiger partial charge in [0.2, 0.25) is 5.91 Å². The van der Waals surface area contributed by atoms with E-state index in [9.17, 15) is 23.2 Å². The quantitative estimate of drug-likeness (QED) is 0.335. The van der Waals surface area contributed by atoms with Crippen molar-refractivity contribution in [2.45, 2.75) is 25.4 Å². The normalized spacial score (nSPS) is 18.7. The molecule has 39 heavy (non-hydrogen) atoms. The fourth-order valence-electron chi connectivity index (χ4n) is 5.34. The van der Waals surface area contributed by atoms with Crippen molar-refractivity contribution in [3.05, 3.63) is 101 Å². The highest BCUT2D eigenvalue weighted by Crippen LogP contribution is 2.32. The van der Waals surface area contributed by atoms with Gasteiger partial charge in [-0.3, -0.25) is 19.4 Å². The Hall–Kier alpha value is -3.95. The first-order valence-electron chi connectivity index (χ1n) is 13.0. The van der Waals surface area contributed by atoms with E-state index in [4.69, 9.17) is 4.74 Å². The van der Waals surface area contributed by atoms with Crippen molar-refractivity contribution in [3.8, 4) is 0 Å². The maximum Gasteiger partial charge on any atom is 0.338 e. The number of amides is 2. The van der Waals surface area contributed by atoms with Gasteiger partial charge in [-0.2, -0.15) is 0 Å². The average Bonchev–Trinajstić information content (AvgIpc) is 3.25. The topological polar surface area (TPSA) is 70.2 Å². The summed E-state index contributed by atoms with van der Waals surface area (Å²) in [6.45, 7) is 4.29. The number of rotatable bonds is 7. The van der Waals surface area contributed by atoms with Crippen molar-refractivity contribution >= 4 is 23.5 Å². The second kappa shape index (κ2) is 11.4. The van der Waals surface area contributed by atoms with Crippen LogP contribution < -0.4 is 4.90 Å². The van der Waals surface area contributed by atoms with Gasteiger partial charge in [-0.05, 0) is 66.6 Å². The molecular formula is C30H29F2N3O4. The molecule has 2 aliphatic heterocycles. The zero-order valence-electron chi connectivity index (χ0n) is 21.6. The molecule has 3 aromatic rings. The molecule has 2 amide bonds. The van der Waals surface area contributed by atoms with E-state index < -0.39 is 12.0 Å². The number of hydrogen-bond donors (Lipinski definition) is 0. The predicted molar refractivity (Wildman–Crippen MR) is 141 cm³/mol. The van der Waals surface area contributed by atoms with Gasteiger partial charge < -0.3 is 4.74 Å². The third-order valence-electron chi connectivity index (χ3n) is 7.29. The van der Waals surface area contributed by atoms with E-state index in [1.807, 2.05) is 4.90 Å². The minimum Gasteiger partial charge on any atom is -0.462 e. The van der Waals surface area contributed by atoms with Gasteiger partial charge in [0.15, 0.2) is 0 Å². The fraction of sp³-hybridized carbons (Fsp3) is 0.300. The van der Waals surface area contributed by atoms with Crippen LogP contribution >= 0.6 is 0 Å². The van der Waals surface area contributed by atoms with E-state index in [1.165, 1.54) is 29.2 Å². The second-order valence-electron chi connectivity index (χ2n) is 9.63. The van der Waals surface area contributed by atoms with Crippen molar-refractivity contribution in [2.24, 2.45) is 0 Å². The lowest BCUT2D eigenvalue weighted by atomic mass is 9.96. The standard InChI is InChI=1S/C30H29F2N3O4/c1-2-39-30(38)22-7-13-25(14-8-22)35-27(36)19-26(29(35)37)33-15-17-34(18-16-33)28(20-3-9-23(31)10-4-20)21-5-11-24(32)12-6-21/h3-14,26,28H,2,15-19H2,1H3/t26-/m0/s1. The highest BCUT2D eigenvalue weighted by atomic mass is 19.1. The van der Waals surface area contributed by atoms with Gasteiger partial charge in [-0.1, -0.05) is 24.3 Å². The number of benzene rings is 3. The number of piperazine rings is 1. The van der Waals surface area contributed by atoms with Crippen LogP contribution in [0.1, 0.15) is 40.9 Å². The van der Waals surface area contributed by atoms with Crippen LogP contribution in [0.5, 0.6) is 0 Å². The Kier molecular flexibility index (Phi) is 7.81. The molecule has 2 fully saturated rings. The Bertz CT molecular complexity index is 1290. The van der Waals surface area contributed by atoms with E-state index in [0.29, 0.717) is 37.4 Å². The summed E-state index contributed by atoms with van der Waals surface area (Å²) in [5.74, 6) is -1.69. The molecular weight excluding hydrogens is 504 g/mol. The molecule has 0 unspecified atom stereocenters. The highest BCUT2D eigenvalue weighted by molar-refractivity contribution is 6.22. The molecule has 0 saturated carbocycles. The molecule has 1 atom stereocenters. The fourth-order valence-corrected chi connectivity index (χ4v) is 5.34. The molecule has 0 bridgehead atoms. The summed E-state index contributed by atoms with van der Waals surface area (Å²) in [5.41, 5.74) is 2.55. The molecule has 7 nitrogen and oxygen atoms in total. The number of halogens is 2. The van der Waals surface area contributed by atoms with Gasteiger partial charge in [0, 0.05) is 26.2 Å². The van der Waals surface area contributed by atoms with Gasteiger partial charge in [0.1, 0.15) is 11.6 Å². The number of nitrogens with zero attached hydrogens (tertiary/aromatic N) is 3. The molecule has 0 N–H and O–H groups in total. The molecule has 0 aromatic heterocycles. The molecule has 2 heterocycles.